The molecule has 28 heavy (non-hydrogen) atoms. The largest absolute Gasteiger partial charge is 0.376 e. The molecule has 0 bridgehead atoms. The number of anilines is 1. The first-order valence-corrected chi connectivity index (χ1v) is 10.2. The average Bonchev–Trinajstić information content (AvgIpc) is 3.46. The van der Waals surface area contributed by atoms with Gasteiger partial charge in [-0.3, -0.25) is 9.69 Å². The smallest absolute Gasteiger partial charge is 0.235 e. The van der Waals surface area contributed by atoms with Crippen molar-refractivity contribution in [1.29, 1.82) is 0 Å². The first kappa shape index (κ1) is 17.3. The molecule has 6 nitrogen and oxygen atoms in total. The Kier molecular flexibility index (Phi) is 4.54. The van der Waals surface area contributed by atoms with E-state index in [1.807, 2.05) is 48.5 Å². The van der Waals surface area contributed by atoms with Crippen LogP contribution in [0.15, 0.2) is 53.1 Å². The summed E-state index contributed by atoms with van der Waals surface area (Å²) < 4.78 is 12.2. The number of hydrogen-bond donors (Lipinski definition) is 0. The third kappa shape index (κ3) is 3.27. The fourth-order valence-electron chi connectivity index (χ4n) is 3.56. The van der Waals surface area contributed by atoms with Gasteiger partial charge in [-0.2, -0.15) is 0 Å². The summed E-state index contributed by atoms with van der Waals surface area (Å²) in [6.07, 6.45) is 2.20. The fourth-order valence-corrected chi connectivity index (χ4v) is 4.55. The predicted molar refractivity (Wildman–Crippen MR) is 109 cm³/mol. The van der Waals surface area contributed by atoms with Gasteiger partial charge >= 0.3 is 0 Å². The van der Waals surface area contributed by atoms with E-state index < -0.39 is 0 Å². The summed E-state index contributed by atoms with van der Waals surface area (Å²) in [6, 6.07) is 15.5. The van der Waals surface area contributed by atoms with Gasteiger partial charge in [-0.15, -0.1) is 0 Å². The number of benzene rings is 2. The van der Waals surface area contributed by atoms with Crippen LogP contribution in [0.1, 0.15) is 18.5 Å². The Hall–Kier alpha value is -2.77. The van der Waals surface area contributed by atoms with Crippen molar-refractivity contribution >= 4 is 43.6 Å². The van der Waals surface area contributed by atoms with E-state index >= 15 is 0 Å². The Morgan fingerprint density at radius 2 is 2.04 bits per heavy atom. The molecule has 1 aliphatic rings. The molecule has 0 aliphatic carbocycles. The van der Waals surface area contributed by atoms with E-state index in [-0.39, 0.29) is 18.4 Å². The zero-order valence-electron chi connectivity index (χ0n) is 15.2. The van der Waals surface area contributed by atoms with Crippen molar-refractivity contribution in [3.8, 4) is 0 Å². The number of amides is 1. The molecule has 1 amide bonds. The van der Waals surface area contributed by atoms with Gasteiger partial charge in [0.25, 0.3) is 0 Å². The standard InChI is InChI=1S/C21H19N3O3S/c25-20(12-17-15-7-1-3-9-18(15)27-23-17)24(13-14-6-5-11-26-14)21-22-16-8-2-4-10-19(16)28-21/h1-4,7-10,14H,5-6,11-13H2. The minimum atomic E-state index is -0.0476. The summed E-state index contributed by atoms with van der Waals surface area (Å²) >= 11 is 1.53. The summed E-state index contributed by atoms with van der Waals surface area (Å²) in [4.78, 5) is 19.7. The van der Waals surface area contributed by atoms with E-state index in [4.69, 9.17) is 14.2 Å². The molecule has 3 heterocycles. The highest BCUT2D eigenvalue weighted by molar-refractivity contribution is 7.22. The summed E-state index contributed by atoms with van der Waals surface area (Å²) in [5, 5.41) is 5.69. The Labute approximate surface area is 165 Å². The molecule has 7 heteroatoms. The number of carbonyl (C=O) groups excluding carboxylic acids is 1. The second-order valence-corrected chi connectivity index (χ2v) is 7.91. The summed E-state index contributed by atoms with van der Waals surface area (Å²) in [6.45, 7) is 1.26. The molecule has 142 valence electrons. The van der Waals surface area contributed by atoms with E-state index in [1.165, 1.54) is 11.3 Å². The second-order valence-electron chi connectivity index (χ2n) is 6.91. The van der Waals surface area contributed by atoms with E-state index in [0.717, 1.165) is 35.1 Å². The van der Waals surface area contributed by atoms with Crippen molar-refractivity contribution in [2.75, 3.05) is 18.1 Å². The van der Waals surface area contributed by atoms with Crippen molar-refractivity contribution in [2.45, 2.75) is 25.4 Å². The molecule has 2 aromatic heterocycles. The first-order chi connectivity index (χ1) is 13.8. The maximum atomic E-state index is 13.3. The quantitative estimate of drug-likeness (QED) is 0.508. The van der Waals surface area contributed by atoms with E-state index in [1.54, 1.807) is 4.90 Å². The first-order valence-electron chi connectivity index (χ1n) is 9.39. The monoisotopic (exact) mass is 393 g/mol. The van der Waals surface area contributed by atoms with Gasteiger partial charge in [0.2, 0.25) is 5.91 Å². The maximum absolute atomic E-state index is 13.3. The van der Waals surface area contributed by atoms with Crippen LogP contribution < -0.4 is 4.90 Å². The van der Waals surface area contributed by atoms with Crippen LogP contribution in [0.2, 0.25) is 0 Å². The van der Waals surface area contributed by atoms with Crippen molar-refractivity contribution in [3.63, 3.8) is 0 Å². The normalized spacial score (nSPS) is 16.8. The Morgan fingerprint density at radius 1 is 1.18 bits per heavy atom. The number of para-hydroxylation sites is 2. The molecule has 1 atom stereocenters. The number of carbonyl (C=O) groups is 1. The van der Waals surface area contributed by atoms with Gasteiger partial charge in [-0.05, 0) is 37.1 Å². The van der Waals surface area contributed by atoms with Crippen molar-refractivity contribution in [1.82, 2.24) is 10.1 Å². The summed E-state index contributed by atoms with van der Waals surface area (Å²) in [5.74, 6) is -0.0476. The van der Waals surface area contributed by atoms with Crippen LogP contribution in [0.25, 0.3) is 21.2 Å². The predicted octanol–water partition coefficient (Wildman–Crippen LogP) is 4.19. The van der Waals surface area contributed by atoms with Crippen molar-refractivity contribution in [3.05, 3.63) is 54.2 Å². The SMILES string of the molecule is O=C(Cc1noc2ccccc12)N(CC1CCCO1)c1nc2ccccc2s1. The van der Waals surface area contributed by atoms with Crippen LogP contribution in [0, 0.1) is 0 Å². The molecule has 0 N–H and O–H groups in total. The van der Waals surface area contributed by atoms with Crippen LogP contribution in [0.4, 0.5) is 5.13 Å². The third-order valence-corrected chi connectivity index (χ3v) is 6.05. The van der Waals surface area contributed by atoms with Gasteiger partial charge < -0.3 is 9.26 Å². The molecule has 4 aromatic rings. The van der Waals surface area contributed by atoms with Gasteiger partial charge in [0, 0.05) is 12.0 Å². The lowest BCUT2D eigenvalue weighted by Gasteiger charge is -2.22. The molecule has 1 fully saturated rings. The second kappa shape index (κ2) is 7.33. The van der Waals surface area contributed by atoms with E-state index in [0.29, 0.717) is 23.0 Å². The summed E-state index contributed by atoms with van der Waals surface area (Å²) in [7, 11) is 0. The van der Waals surface area contributed by atoms with Crippen molar-refractivity contribution in [2.24, 2.45) is 0 Å². The number of nitrogens with zero attached hydrogens (tertiary/aromatic N) is 3. The lowest BCUT2D eigenvalue weighted by atomic mass is 10.1. The topological polar surface area (TPSA) is 68.5 Å². The van der Waals surface area contributed by atoms with Crippen molar-refractivity contribution < 1.29 is 14.1 Å². The van der Waals surface area contributed by atoms with Gasteiger partial charge in [0.15, 0.2) is 10.7 Å². The van der Waals surface area contributed by atoms with Crippen LogP contribution >= 0.6 is 11.3 Å². The molecule has 5 rings (SSSR count). The lowest BCUT2D eigenvalue weighted by Crippen LogP contribution is -2.38. The van der Waals surface area contributed by atoms with Gasteiger partial charge in [0.1, 0.15) is 5.69 Å². The molecular weight excluding hydrogens is 374 g/mol. The average molecular weight is 393 g/mol. The van der Waals surface area contributed by atoms with Crippen LogP contribution in [0.5, 0.6) is 0 Å². The Morgan fingerprint density at radius 3 is 2.89 bits per heavy atom. The zero-order valence-corrected chi connectivity index (χ0v) is 16.0. The number of aromatic nitrogens is 2. The highest BCUT2D eigenvalue weighted by Gasteiger charge is 2.27. The Balaban J connectivity index is 1.46. The molecule has 0 saturated carbocycles. The Bertz CT molecular complexity index is 1100. The van der Waals surface area contributed by atoms with Crippen LogP contribution in [-0.2, 0) is 16.0 Å². The minimum absolute atomic E-state index is 0.0463. The molecule has 1 unspecified atom stereocenters. The van der Waals surface area contributed by atoms with Gasteiger partial charge in [-0.1, -0.05) is 40.8 Å². The molecule has 1 saturated heterocycles. The number of ether oxygens (including phenoxy) is 1. The minimum Gasteiger partial charge on any atom is -0.376 e. The number of rotatable bonds is 5. The molecular formula is C21H19N3O3S. The molecule has 0 spiro atoms. The number of thiazole rings is 1. The lowest BCUT2D eigenvalue weighted by molar-refractivity contribution is -0.118. The molecule has 0 radical (unpaired) electrons. The molecule has 2 aromatic carbocycles. The van der Waals surface area contributed by atoms with Crippen LogP contribution in [0.3, 0.4) is 0 Å². The molecule has 1 aliphatic heterocycles. The van der Waals surface area contributed by atoms with E-state index in [9.17, 15) is 4.79 Å². The highest BCUT2D eigenvalue weighted by Crippen LogP contribution is 2.30. The zero-order chi connectivity index (χ0) is 18.9. The highest BCUT2D eigenvalue weighted by atomic mass is 32.1. The van der Waals surface area contributed by atoms with Gasteiger partial charge in [-0.25, -0.2) is 4.98 Å². The maximum Gasteiger partial charge on any atom is 0.235 e. The third-order valence-electron chi connectivity index (χ3n) is 5.00. The van der Waals surface area contributed by atoms with Gasteiger partial charge in [0.05, 0.1) is 29.3 Å². The number of fused-ring (bicyclic) bond motifs is 2. The summed E-state index contributed by atoms with van der Waals surface area (Å²) in [5.41, 5.74) is 2.24. The number of hydrogen-bond acceptors (Lipinski definition) is 6. The fraction of sp³-hybridized carbons (Fsp3) is 0.286. The van der Waals surface area contributed by atoms with E-state index in [2.05, 4.69) is 5.16 Å². The van der Waals surface area contributed by atoms with Crippen LogP contribution in [-0.4, -0.2) is 35.3 Å².